The number of nitrogens with one attached hydrogen (secondary N) is 1. The maximum Gasteiger partial charge on any atom is 0.230 e. The van der Waals surface area contributed by atoms with Crippen LogP contribution in [0.4, 0.5) is 0 Å². The molecule has 0 aliphatic heterocycles. The molecule has 4 aliphatic carbocycles. The second-order valence-corrected chi connectivity index (χ2v) is 19.8. The number of amides is 1. The van der Waals surface area contributed by atoms with E-state index in [1.165, 1.54) is 70.6 Å². The number of ether oxygens (including phenoxy) is 1. The first-order chi connectivity index (χ1) is 22.0. The Bertz CT molecular complexity index is 1100. The molecule has 0 aromatic heterocycles. The molecule has 4 rings (SSSR count). The Labute approximate surface area is 294 Å². The number of thioether (sulfide) groups is 1. The van der Waals surface area contributed by atoms with Crippen LogP contribution in [0, 0.1) is 46.3 Å². The molecule has 4 aliphatic rings. The smallest absolute Gasteiger partial charge is 0.230 e. The van der Waals surface area contributed by atoms with Crippen molar-refractivity contribution in [3.8, 4) is 0 Å². The molecule has 0 spiro atoms. The van der Waals surface area contributed by atoms with Crippen molar-refractivity contribution in [3.05, 3.63) is 11.6 Å². The highest BCUT2D eigenvalue weighted by Crippen LogP contribution is 2.67. The minimum atomic E-state index is -0.320. The largest absolute Gasteiger partial charge is 0.375 e. The third kappa shape index (κ3) is 9.50. The molecule has 0 aromatic carbocycles. The van der Waals surface area contributed by atoms with Crippen LogP contribution in [0.2, 0.25) is 0 Å². The van der Waals surface area contributed by atoms with Gasteiger partial charge < -0.3 is 14.8 Å². The number of carbonyl (C=O) groups excluding carboxylic acids is 2. The molecule has 5 heteroatoms. The number of rotatable bonds is 17. The molecule has 3 saturated carbocycles. The van der Waals surface area contributed by atoms with E-state index in [4.69, 9.17) is 4.74 Å². The molecule has 9 atom stereocenters. The molecule has 0 radical (unpaired) electrons. The van der Waals surface area contributed by atoms with E-state index in [2.05, 4.69) is 73.7 Å². The fourth-order valence-corrected chi connectivity index (χ4v) is 11.8. The van der Waals surface area contributed by atoms with E-state index in [-0.39, 0.29) is 22.8 Å². The summed E-state index contributed by atoms with van der Waals surface area (Å²) < 4.78 is 6.25. The van der Waals surface area contributed by atoms with Crippen LogP contribution < -0.4 is 5.32 Å². The van der Waals surface area contributed by atoms with Gasteiger partial charge in [0.05, 0.1) is 11.4 Å². The summed E-state index contributed by atoms with van der Waals surface area (Å²) >= 11 is 1.88. The van der Waals surface area contributed by atoms with E-state index in [0.717, 1.165) is 54.8 Å². The van der Waals surface area contributed by atoms with Gasteiger partial charge in [-0.05, 0) is 145 Å². The van der Waals surface area contributed by atoms with Gasteiger partial charge in [-0.1, -0.05) is 72.5 Å². The van der Waals surface area contributed by atoms with Crippen LogP contribution in [0.5, 0.6) is 0 Å². The van der Waals surface area contributed by atoms with Crippen LogP contribution in [0.1, 0.15) is 166 Å². The van der Waals surface area contributed by atoms with Gasteiger partial charge in [0.15, 0.2) is 0 Å². The summed E-state index contributed by atoms with van der Waals surface area (Å²) in [4.78, 5) is 24.6. The molecule has 270 valence electrons. The quantitative estimate of drug-likeness (QED) is 0.156. The van der Waals surface area contributed by atoms with Crippen LogP contribution in [-0.4, -0.2) is 40.4 Å². The molecule has 0 heterocycles. The second-order valence-electron chi connectivity index (χ2n) is 18.5. The van der Waals surface area contributed by atoms with Crippen molar-refractivity contribution in [3.63, 3.8) is 0 Å². The van der Waals surface area contributed by atoms with E-state index >= 15 is 0 Å². The molecule has 47 heavy (non-hydrogen) atoms. The average molecular weight is 672 g/mol. The first-order valence-corrected chi connectivity index (χ1v) is 20.8. The van der Waals surface area contributed by atoms with Crippen molar-refractivity contribution in [1.82, 2.24) is 5.32 Å². The lowest BCUT2D eigenvalue weighted by Gasteiger charge is -2.58. The van der Waals surface area contributed by atoms with E-state index < -0.39 is 0 Å². The summed E-state index contributed by atoms with van der Waals surface area (Å²) in [7, 11) is 0. The summed E-state index contributed by atoms with van der Waals surface area (Å²) in [6.45, 7) is 23.3. The fraction of sp³-hybridized carbons (Fsp3) is 0.905. The highest BCUT2D eigenvalue weighted by molar-refractivity contribution is 8.00. The van der Waals surface area contributed by atoms with Crippen molar-refractivity contribution in [2.45, 2.75) is 182 Å². The average Bonchev–Trinajstić information content (AvgIpc) is 3.35. The van der Waals surface area contributed by atoms with Gasteiger partial charge in [0.2, 0.25) is 5.91 Å². The maximum atomic E-state index is 13.1. The zero-order valence-electron chi connectivity index (χ0n) is 32.3. The molecule has 0 bridgehead atoms. The summed E-state index contributed by atoms with van der Waals surface area (Å²) in [5, 5.41) is 3.84. The van der Waals surface area contributed by atoms with Gasteiger partial charge in [-0.3, -0.25) is 4.79 Å². The normalized spacial score (nSPS) is 34.1. The number of carbonyl (C=O) groups is 2. The maximum absolute atomic E-state index is 13.1. The monoisotopic (exact) mass is 672 g/mol. The summed E-state index contributed by atoms with van der Waals surface area (Å²) in [6.07, 6.45) is 20.6. The third-order valence-electron chi connectivity index (χ3n) is 14.1. The van der Waals surface area contributed by atoms with Gasteiger partial charge in [0.25, 0.3) is 0 Å². The summed E-state index contributed by atoms with van der Waals surface area (Å²) in [5.41, 5.74) is 2.03. The summed E-state index contributed by atoms with van der Waals surface area (Å²) in [5.74, 6) is 6.14. The SMILES string of the molecule is CCC(C)(CCC(C)=O)OCCC(C)(C)NC(=O)CSC1CC[C@@]2(C)C(=CC[C@H]3[C@@H]4CC[C@H]([C@H](C)CCCC(C)C)[C@@]4(C)CC[C@@H]32)C1. The zero-order chi connectivity index (χ0) is 34.6. The van der Waals surface area contributed by atoms with E-state index in [1.807, 2.05) is 11.8 Å². The molecule has 0 saturated heterocycles. The Kier molecular flexibility index (Phi) is 13.3. The van der Waals surface area contributed by atoms with Gasteiger partial charge in [-0.2, -0.15) is 0 Å². The molecule has 1 amide bonds. The molecular formula is C42H73NO3S. The Hall–Kier alpha value is -0.810. The number of hydrogen-bond acceptors (Lipinski definition) is 4. The van der Waals surface area contributed by atoms with Gasteiger partial charge >= 0.3 is 0 Å². The lowest BCUT2D eigenvalue weighted by atomic mass is 9.47. The zero-order valence-corrected chi connectivity index (χ0v) is 33.1. The number of allylic oxidation sites excluding steroid dienone is 2. The Balaban J connectivity index is 1.26. The van der Waals surface area contributed by atoms with Crippen LogP contribution >= 0.6 is 11.8 Å². The predicted octanol–water partition coefficient (Wildman–Crippen LogP) is 11.0. The van der Waals surface area contributed by atoms with Crippen molar-refractivity contribution < 1.29 is 14.3 Å². The Morgan fingerprint density at radius 1 is 1.02 bits per heavy atom. The van der Waals surface area contributed by atoms with E-state index in [1.54, 1.807) is 12.5 Å². The predicted molar refractivity (Wildman–Crippen MR) is 201 cm³/mol. The first-order valence-electron chi connectivity index (χ1n) is 19.8. The van der Waals surface area contributed by atoms with Crippen LogP contribution in [0.3, 0.4) is 0 Å². The van der Waals surface area contributed by atoms with Crippen molar-refractivity contribution in [2.75, 3.05) is 12.4 Å². The number of fused-ring (bicyclic) bond motifs is 5. The Morgan fingerprint density at radius 3 is 2.45 bits per heavy atom. The molecule has 0 aromatic rings. The molecule has 3 fully saturated rings. The minimum Gasteiger partial charge on any atom is -0.375 e. The standard InChI is InChI=1S/C42H73NO3S/c1-11-40(8,22-19-31(5)44)46-26-25-39(6,7)43-38(45)28-47-33-20-23-41(9)32(27-33)15-16-34-36-18-17-35(30(4)14-12-13-29(2)3)42(36,10)24-21-37(34)41/h15,29-30,33-37H,11-14,16-28H2,1-10H3,(H,43,45)/t30-,33?,34+,35-,36+,37+,40?,41+,42-/m1/s1. The van der Waals surface area contributed by atoms with E-state index in [9.17, 15) is 9.59 Å². The Morgan fingerprint density at radius 2 is 1.77 bits per heavy atom. The highest BCUT2D eigenvalue weighted by atomic mass is 32.2. The third-order valence-corrected chi connectivity index (χ3v) is 15.4. The second kappa shape index (κ2) is 16.0. The molecule has 4 nitrogen and oxygen atoms in total. The van der Waals surface area contributed by atoms with Crippen LogP contribution in [0.15, 0.2) is 11.6 Å². The lowest BCUT2D eigenvalue weighted by molar-refractivity contribution is -0.121. The molecule has 1 N–H and O–H groups in total. The topological polar surface area (TPSA) is 55.4 Å². The highest BCUT2D eigenvalue weighted by Gasteiger charge is 2.59. The van der Waals surface area contributed by atoms with Crippen LogP contribution in [0.25, 0.3) is 0 Å². The molecular weight excluding hydrogens is 599 g/mol. The van der Waals surface area contributed by atoms with Gasteiger partial charge in [-0.25, -0.2) is 0 Å². The lowest BCUT2D eigenvalue weighted by Crippen LogP contribution is -2.50. The van der Waals surface area contributed by atoms with Gasteiger partial charge in [-0.15, -0.1) is 11.8 Å². The minimum absolute atomic E-state index is 0.140. The van der Waals surface area contributed by atoms with Crippen LogP contribution in [-0.2, 0) is 14.3 Å². The van der Waals surface area contributed by atoms with E-state index in [0.29, 0.717) is 34.9 Å². The number of Topliss-reactive ketones (excluding diaryl/α,β-unsaturated/α-hetero) is 1. The number of ketones is 1. The van der Waals surface area contributed by atoms with Gasteiger partial charge in [0, 0.05) is 23.8 Å². The summed E-state index contributed by atoms with van der Waals surface area (Å²) in [6, 6.07) is 0. The number of hydrogen-bond donors (Lipinski definition) is 1. The molecule has 2 unspecified atom stereocenters. The first kappa shape index (κ1) is 39.0. The fourth-order valence-electron chi connectivity index (χ4n) is 10.8. The van der Waals surface area contributed by atoms with Gasteiger partial charge in [0.1, 0.15) is 5.78 Å². The van der Waals surface area contributed by atoms with Crippen molar-refractivity contribution in [1.29, 1.82) is 0 Å². The van der Waals surface area contributed by atoms with Crippen molar-refractivity contribution in [2.24, 2.45) is 46.3 Å². The van der Waals surface area contributed by atoms with Crippen molar-refractivity contribution >= 4 is 23.5 Å².